The van der Waals surface area contributed by atoms with Crippen LogP contribution in [0, 0.1) is 0 Å². The maximum atomic E-state index is 5.14. The van der Waals surface area contributed by atoms with Crippen LogP contribution in [-0.4, -0.2) is 0 Å². The van der Waals surface area contributed by atoms with Crippen molar-refractivity contribution in [3.8, 4) is 0 Å². The molecule has 0 fully saturated rings. The highest BCUT2D eigenvalue weighted by Crippen LogP contribution is 2.50. The summed E-state index contributed by atoms with van der Waals surface area (Å²) in [6.07, 6.45) is 0. The van der Waals surface area contributed by atoms with E-state index in [1.54, 1.807) is 0 Å². The third-order valence-electron chi connectivity index (χ3n) is 3.59. The first-order valence-corrected chi connectivity index (χ1v) is 9.08. The van der Waals surface area contributed by atoms with Crippen molar-refractivity contribution in [1.82, 2.24) is 0 Å². The van der Waals surface area contributed by atoms with Crippen molar-refractivity contribution in [2.75, 3.05) is 0 Å². The molecule has 0 unspecified atom stereocenters. The van der Waals surface area contributed by atoms with Crippen LogP contribution in [0.1, 0.15) is 0 Å². The number of hydrogen-bond donors (Lipinski definition) is 0. The predicted molar refractivity (Wildman–Crippen MR) is 97.8 cm³/mol. The molecule has 22 heavy (non-hydrogen) atoms. The van der Waals surface area contributed by atoms with Gasteiger partial charge < -0.3 is 0 Å². The molecule has 0 N–H and O–H groups in total. The van der Waals surface area contributed by atoms with E-state index in [-0.39, 0.29) is 0 Å². The fraction of sp³-hybridized carbons (Fsp3) is 0. The second-order valence-corrected chi connectivity index (χ2v) is 7.94. The van der Waals surface area contributed by atoms with E-state index in [1.165, 1.54) is 10.6 Å². The topological polar surface area (TPSA) is 12.4 Å². The first-order valence-electron chi connectivity index (χ1n) is 7.27. The largest absolute Gasteiger partial charge is 0.254 e. The lowest BCUT2D eigenvalue weighted by Crippen LogP contribution is -2.14. The summed E-state index contributed by atoms with van der Waals surface area (Å²) >= 11 is 0. The van der Waals surface area contributed by atoms with Gasteiger partial charge in [-0.1, -0.05) is 85.4 Å². The van der Waals surface area contributed by atoms with E-state index in [9.17, 15) is 0 Å². The van der Waals surface area contributed by atoms with Gasteiger partial charge in [0.15, 0.2) is 0 Å². The maximum Gasteiger partial charge on any atom is 0.0625 e. The number of nitrogens with zero attached hydrogens (tertiary/aromatic N) is 1. The standard InChI is InChI=1S/C20H18NP/c1-2-22(19-14-8-4-9-15-19,20-16-10-5-11-17-20)21-18-12-6-3-7-13-18/h2-17H,1H2. The Morgan fingerprint density at radius 2 is 1.05 bits per heavy atom. The zero-order valence-corrected chi connectivity index (χ0v) is 13.2. The molecule has 1 nitrogen and oxygen atoms in total. The molecule has 0 spiro atoms. The van der Waals surface area contributed by atoms with Gasteiger partial charge in [0.25, 0.3) is 0 Å². The maximum absolute atomic E-state index is 5.14. The van der Waals surface area contributed by atoms with Gasteiger partial charge in [0, 0.05) is 10.6 Å². The van der Waals surface area contributed by atoms with Gasteiger partial charge in [-0.3, -0.25) is 4.74 Å². The molecule has 0 aromatic heterocycles. The zero-order chi connectivity index (χ0) is 15.3. The molecule has 0 bridgehead atoms. The first kappa shape index (κ1) is 14.6. The van der Waals surface area contributed by atoms with Crippen LogP contribution >= 0.6 is 7.05 Å². The highest BCUT2D eigenvalue weighted by molar-refractivity contribution is 7.83. The van der Waals surface area contributed by atoms with Crippen molar-refractivity contribution >= 4 is 23.4 Å². The SMILES string of the molecule is C=CP(=Nc1ccccc1)(c1ccccc1)c1ccccc1. The summed E-state index contributed by atoms with van der Waals surface area (Å²) in [5, 5.41) is 2.44. The Morgan fingerprint density at radius 3 is 1.45 bits per heavy atom. The summed E-state index contributed by atoms with van der Waals surface area (Å²) in [4.78, 5) is 0. The van der Waals surface area contributed by atoms with Crippen molar-refractivity contribution in [2.24, 2.45) is 4.74 Å². The molecule has 2 heteroatoms. The Kier molecular flexibility index (Phi) is 4.37. The van der Waals surface area contributed by atoms with Crippen LogP contribution in [0.5, 0.6) is 0 Å². The minimum atomic E-state index is -2.01. The van der Waals surface area contributed by atoms with Crippen molar-refractivity contribution in [2.45, 2.75) is 0 Å². The second-order valence-electron chi connectivity index (χ2n) is 4.97. The molecule has 0 aliphatic rings. The summed E-state index contributed by atoms with van der Waals surface area (Å²) in [5.41, 5.74) is 0.989. The van der Waals surface area contributed by atoms with Gasteiger partial charge in [-0.2, -0.15) is 0 Å². The number of rotatable bonds is 4. The van der Waals surface area contributed by atoms with E-state index < -0.39 is 7.05 Å². The Morgan fingerprint density at radius 1 is 0.636 bits per heavy atom. The molecule has 0 saturated carbocycles. The molecule has 108 valence electrons. The molecular formula is C20H18NP. The predicted octanol–water partition coefficient (Wildman–Crippen LogP) is 5.31. The smallest absolute Gasteiger partial charge is 0.0625 e. The normalized spacial score (nSPS) is 10.9. The Bertz CT molecular complexity index is 749. The summed E-state index contributed by atoms with van der Waals surface area (Å²) in [6.45, 7) is 4.14. The lowest BCUT2D eigenvalue weighted by atomic mass is 10.3. The van der Waals surface area contributed by atoms with Crippen LogP contribution in [0.4, 0.5) is 5.69 Å². The third kappa shape index (κ3) is 2.81. The number of benzene rings is 3. The summed E-state index contributed by atoms with van der Waals surface area (Å²) in [7, 11) is -2.01. The van der Waals surface area contributed by atoms with Crippen LogP contribution in [0.15, 0.2) is 108 Å². The van der Waals surface area contributed by atoms with Gasteiger partial charge in [-0.15, -0.1) is 0 Å². The van der Waals surface area contributed by atoms with Gasteiger partial charge in [-0.05, 0) is 17.9 Å². The monoisotopic (exact) mass is 303 g/mol. The van der Waals surface area contributed by atoms with E-state index in [0.717, 1.165) is 5.69 Å². The Labute approximate surface area is 132 Å². The fourth-order valence-electron chi connectivity index (χ4n) is 2.50. The molecular weight excluding hydrogens is 285 g/mol. The zero-order valence-electron chi connectivity index (χ0n) is 12.3. The van der Waals surface area contributed by atoms with Gasteiger partial charge in [0.05, 0.1) is 12.7 Å². The van der Waals surface area contributed by atoms with Crippen LogP contribution in [0.25, 0.3) is 0 Å². The molecule has 3 aromatic carbocycles. The van der Waals surface area contributed by atoms with E-state index >= 15 is 0 Å². The highest BCUT2D eigenvalue weighted by atomic mass is 31.2. The molecule has 3 aromatic rings. The van der Waals surface area contributed by atoms with E-state index in [0.29, 0.717) is 0 Å². The van der Waals surface area contributed by atoms with Crippen LogP contribution < -0.4 is 10.6 Å². The average molecular weight is 303 g/mol. The highest BCUT2D eigenvalue weighted by Gasteiger charge is 2.20. The summed E-state index contributed by atoms with van der Waals surface area (Å²) in [5.74, 6) is 2.03. The van der Waals surface area contributed by atoms with E-state index in [2.05, 4.69) is 55.1 Å². The third-order valence-corrected chi connectivity index (χ3v) is 6.84. The molecule has 0 aliphatic heterocycles. The molecule has 3 rings (SSSR count). The molecule has 0 atom stereocenters. The second kappa shape index (κ2) is 6.60. The Balaban J connectivity index is 2.31. The van der Waals surface area contributed by atoms with Crippen molar-refractivity contribution in [3.63, 3.8) is 0 Å². The molecule has 0 aliphatic carbocycles. The van der Waals surface area contributed by atoms with Gasteiger partial charge in [-0.25, -0.2) is 0 Å². The lowest BCUT2D eigenvalue weighted by Gasteiger charge is -2.22. The van der Waals surface area contributed by atoms with Crippen LogP contribution in [0.2, 0.25) is 0 Å². The van der Waals surface area contributed by atoms with Gasteiger partial charge in [0.1, 0.15) is 0 Å². The Hall–Kier alpha value is -2.37. The average Bonchev–Trinajstić information content (AvgIpc) is 2.62. The van der Waals surface area contributed by atoms with Gasteiger partial charge >= 0.3 is 0 Å². The van der Waals surface area contributed by atoms with Crippen molar-refractivity contribution in [1.29, 1.82) is 0 Å². The fourth-order valence-corrected chi connectivity index (χ4v) is 5.29. The van der Waals surface area contributed by atoms with Crippen LogP contribution in [-0.2, 0) is 0 Å². The van der Waals surface area contributed by atoms with Gasteiger partial charge in [0.2, 0.25) is 0 Å². The lowest BCUT2D eigenvalue weighted by molar-refractivity contribution is 1.55. The van der Waals surface area contributed by atoms with Crippen LogP contribution in [0.3, 0.4) is 0 Å². The summed E-state index contributed by atoms with van der Waals surface area (Å²) < 4.78 is 5.14. The van der Waals surface area contributed by atoms with E-state index in [1.807, 2.05) is 48.3 Å². The summed E-state index contributed by atoms with van der Waals surface area (Å²) in [6, 6.07) is 31.1. The quantitative estimate of drug-likeness (QED) is 0.579. The van der Waals surface area contributed by atoms with Crippen molar-refractivity contribution in [3.05, 3.63) is 103 Å². The molecule has 0 radical (unpaired) electrons. The molecule has 0 heterocycles. The molecule has 0 saturated heterocycles. The first-order chi connectivity index (χ1) is 10.8. The van der Waals surface area contributed by atoms with Crippen molar-refractivity contribution < 1.29 is 0 Å². The minimum absolute atomic E-state index is 0.989. The van der Waals surface area contributed by atoms with E-state index in [4.69, 9.17) is 4.74 Å². The minimum Gasteiger partial charge on any atom is -0.254 e. The number of hydrogen-bond acceptors (Lipinski definition) is 1. The molecule has 0 amide bonds.